The Morgan fingerprint density at radius 3 is 2.69 bits per heavy atom. The average Bonchev–Trinajstić information content (AvgIpc) is 3.08. The molecular weight excluding hydrogens is 328 g/mol. The van der Waals surface area contributed by atoms with Crippen molar-refractivity contribution in [1.82, 2.24) is 34.4 Å². The molecule has 0 bridgehead atoms. The summed E-state index contributed by atoms with van der Waals surface area (Å²) in [6.45, 7) is 2.96. The molecule has 1 aliphatic rings. The SMILES string of the molecule is Cn1ccnc1CN1CCCC(c2cnc(Nc3cnccn3)cn2)C1. The smallest absolute Gasteiger partial charge is 0.150 e. The second kappa shape index (κ2) is 7.57. The van der Waals surface area contributed by atoms with Crippen molar-refractivity contribution in [2.45, 2.75) is 25.3 Å². The van der Waals surface area contributed by atoms with Crippen molar-refractivity contribution in [2.24, 2.45) is 7.05 Å². The van der Waals surface area contributed by atoms with Crippen molar-refractivity contribution < 1.29 is 0 Å². The topological polar surface area (TPSA) is 84.7 Å². The van der Waals surface area contributed by atoms with E-state index in [0.29, 0.717) is 17.6 Å². The maximum atomic E-state index is 4.63. The molecule has 134 valence electrons. The second-order valence-corrected chi connectivity index (χ2v) is 6.57. The molecular formula is C18H22N8. The van der Waals surface area contributed by atoms with E-state index in [0.717, 1.165) is 44.0 Å². The van der Waals surface area contributed by atoms with Gasteiger partial charge in [-0.05, 0) is 19.4 Å². The van der Waals surface area contributed by atoms with Crippen LogP contribution in [-0.2, 0) is 13.6 Å². The Morgan fingerprint density at radius 2 is 1.96 bits per heavy atom. The van der Waals surface area contributed by atoms with Gasteiger partial charge in [0, 0.05) is 44.3 Å². The highest BCUT2D eigenvalue weighted by Crippen LogP contribution is 2.26. The number of rotatable bonds is 5. The fourth-order valence-electron chi connectivity index (χ4n) is 3.30. The van der Waals surface area contributed by atoms with Gasteiger partial charge >= 0.3 is 0 Å². The molecule has 0 aromatic carbocycles. The molecule has 0 radical (unpaired) electrons. The Bertz CT molecular complexity index is 830. The van der Waals surface area contributed by atoms with Crippen LogP contribution in [0.25, 0.3) is 0 Å². The molecule has 0 amide bonds. The van der Waals surface area contributed by atoms with Gasteiger partial charge in [0.25, 0.3) is 0 Å². The van der Waals surface area contributed by atoms with Crippen LogP contribution in [0.3, 0.4) is 0 Å². The summed E-state index contributed by atoms with van der Waals surface area (Å²) >= 11 is 0. The number of nitrogens with one attached hydrogen (secondary N) is 1. The van der Waals surface area contributed by atoms with Crippen molar-refractivity contribution in [2.75, 3.05) is 18.4 Å². The van der Waals surface area contributed by atoms with Gasteiger partial charge in [0.05, 0.1) is 30.8 Å². The monoisotopic (exact) mass is 350 g/mol. The van der Waals surface area contributed by atoms with Gasteiger partial charge in [-0.1, -0.05) is 0 Å². The van der Waals surface area contributed by atoms with Crippen molar-refractivity contribution >= 4 is 11.6 Å². The van der Waals surface area contributed by atoms with E-state index in [-0.39, 0.29) is 0 Å². The summed E-state index contributed by atoms with van der Waals surface area (Å²) in [6.07, 6.45) is 14.7. The van der Waals surface area contributed by atoms with Gasteiger partial charge in [0.2, 0.25) is 0 Å². The zero-order chi connectivity index (χ0) is 17.8. The second-order valence-electron chi connectivity index (χ2n) is 6.57. The number of hydrogen-bond acceptors (Lipinski definition) is 7. The zero-order valence-corrected chi connectivity index (χ0v) is 14.8. The molecule has 0 aliphatic carbocycles. The summed E-state index contributed by atoms with van der Waals surface area (Å²) in [7, 11) is 2.04. The summed E-state index contributed by atoms with van der Waals surface area (Å²) in [6, 6.07) is 0. The number of nitrogens with zero attached hydrogens (tertiary/aromatic N) is 7. The number of aromatic nitrogens is 6. The molecule has 8 nitrogen and oxygen atoms in total. The van der Waals surface area contributed by atoms with Crippen molar-refractivity contribution in [1.29, 1.82) is 0 Å². The van der Waals surface area contributed by atoms with Crippen molar-refractivity contribution in [3.05, 3.63) is 54.9 Å². The Hall–Kier alpha value is -2.87. The molecule has 1 unspecified atom stereocenters. The summed E-state index contributed by atoms with van der Waals surface area (Å²) in [5.74, 6) is 2.84. The number of hydrogen-bond donors (Lipinski definition) is 1. The third-order valence-corrected chi connectivity index (χ3v) is 4.70. The fourth-order valence-corrected chi connectivity index (χ4v) is 3.30. The molecule has 26 heavy (non-hydrogen) atoms. The molecule has 0 saturated carbocycles. The normalized spacial score (nSPS) is 18.0. The summed E-state index contributed by atoms with van der Waals surface area (Å²) in [4.78, 5) is 24.2. The van der Waals surface area contributed by atoms with Crippen LogP contribution in [0.1, 0.15) is 30.3 Å². The number of likely N-dealkylation sites (tertiary alicyclic amines) is 1. The molecule has 1 aliphatic heterocycles. The molecule has 3 aromatic heterocycles. The molecule has 1 N–H and O–H groups in total. The molecule has 1 saturated heterocycles. The third-order valence-electron chi connectivity index (χ3n) is 4.70. The predicted molar refractivity (Wildman–Crippen MR) is 97.8 cm³/mol. The first-order valence-corrected chi connectivity index (χ1v) is 8.81. The van der Waals surface area contributed by atoms with Crippen LogP contribution in [0, 0.1) is 0 Å². The van der Waals surface area contributed by atoms with Gasteiger partial charge < -0.3 is 9.88 Å². The Morgan fingerprint density at radius 1 is 1.04 bits per heavy atom. The van der Waals surface area contributed by atoms with Crippen LogP contribution < -0.4 is 5.32 Å². The molecule has 4 heterocycles. The van der Waals surface area contributed by atoms with Crippen LogP contribution in [0.5, 0.6) is 0 Å². The van der Waals surface area contributed by atoms with E-state index in [1.165, 1.54) is 0 Å². The quantitative estimate of drug-likeness (QED) is 0.754. The van der Waals surface area contributed by atoms with Crippen molar-refractivity contribution in [3.63, 3.8) is 0 Å². The van der Waals surface area contributed by atoms with Crippen LogP contribution >= 0.6 is 0 Å². The Labute approximate surface area is 152 Å². The average molecular weight is 350 g/mol. The highest BCUT2D eigenvalue weighted by molar-refractivity contribution is 5.48. The van der Waals surface area contributed by atoms with E-state index in [9.17, 15) is 0 Å². The van der Waals surface area contributed by atoms with Gasteiger partial charge in [0.1, 0.15) is 17.5 Å². The van der Waals surface area contributed by atoms with Gasteiger partial charge in [-0.2, -0.15) is 0 Å². The third kappa shape index (κ3) is 3.85. The molecule has 8 heteroatoms. The summed E-state index contributed by atoms with van der Waals surface area (Å²) < 4.78 is 2.08. The lowest BCUT2D eigenvalue weighted by atomic mass is 9.95. The largest absolute Gasteiger partial charge is 0.337 e. The van der Waals surface area contributed by atoms with E-state index >= 15 is 0 Å². The van der Waals surface area contributed by atoms with E-state index in [1.54, 1.807) is 24.8 Å². The Kier molecular flexibility index (Phi) is 4.83. The van der Waals surface area contributed by atoms with Crippen molar-refractivity contribution in [3.8, 4) is 0 Å². The number of piperidine rings is 1. The lowest BCUT2D eigenvalue weighted by Gasteiger charge is -2.32. The molecule has 1 fully saturated rings. The molecule has 1 atom stereocenters. The minimum Gasteiger partial charge on any atom is -0.337 e. The van der Waals surface area contributed by atoms with Crippen LogP contribution in [0.4, 0.5) is 11.6 Å². The Balaban J connectivity index is 1.39. The van der Waals surface area contributed by atoms with Crippen LogP contribution in [-0.4, -0.2) is 47.5 Å². The van der Waals surface area contributed by atoms with Gasteiger partial charge in [-0.25, -0.2) is 15.0 Å². The first-order valence-electron chi connectivity index (χ1n) is 8.81. The number of anilines is 2. The highest BCUT2D eigenvalue weighted by Gasteiger charge is 2.23. The minimum absolute atomic E-state index is 0.405. The summed E-state index contributed by atoms with van der Waals surface area (Å²) in [5, 5.41) is 3.11. The van der Waals surface area contributed by atoms with E-state index in [4.69, 9.17) is 0 Å². The zero-order valence-electron chi connectivity index (χ0n) is 14.8. The standard InChI is InChI=1S/C18H22N8/c1-25-8-6-21-18(25)13-26-7-2-3-14(12-26)15-9-23-17(11-22-15)24-16-10-19-4-5-20-16/h4-6,8-11,14H,2-3,7,12-13H2,1H3,(H,20,23,24). The molecule has 4 rings (SSSR count). The van der Waals surface area contributed by atoms with Gasteiger partial charge in [0.15, 0.2) is 0 Å². The van der Waals surface area contributed by atoms with Gasteiger partial charge in [-0.15, -0.1) is 0 Å². The lowest BCUT2D eigenvalue weighted by Crippen LogP contribution is -2.35. The maximum Gasteiger partial charge on any atom is 0.150 e. The van der Waals surface area contributed by atoms with E-state index in [2.05, 4.69) is 39.7 Å². The number of aryl methyl sites for hydroxylation is 1. The lowest BCUT2D eigenvalue weighted by molar-refractivity contribution is 0.192. The predicted octanol–water partition coefficient (Wildman–Crippen LogP) is 2.12. The molecule has 0 spiro atoms. The first kappa shape index (κ1) is 16.6. The first-order chi connectivity index (χ1) is 12.8. The minimum atomic E-state index is 0.405. The summed E-state index contributed by atoms with van der Waals surface area (Å²) in [5.41, 5.74) is 1.04. The van der Waals surface area contributed by atoms with E-state index in [1.807, 2.05) is 25.6 Å². The highest BCUT2D eigenvalue weighted by atomic mass is 15.2. The molecule has 3 aromatic rings. The fraction of sp³-hybridized carbons (Fsp3) is 0.389. The van der Waals surface area contributed by atoms with Crippen LogP contribution in [0.15, 0.2) is 43.4 Å². The van der Waals surface area contributed by atoms with E-state index < -0.39 is 0 Å². The van der Waals surface area contributed by atoms with Crippen LogP contribution in [0.2, 0.25) is 0 Å². The maximum absolute atomic E-state index is 4.63. The number of imidazole rings is 1. The van der Waals surface area contributed by atoms with Gasteiger partial charge in [-0.3, -0.25) is 14.9 Å².